The SMILES string of the molecule is CC[C@@H](Nc1nc(Nc2cnc(C)c(C)c2)c(C#N)cc1F)[C@H](C)CC(=O)OC(C)(C)C. The Morgan fingerprint density at radius 2 is 1.97 bits per heavy atom. The summed E-state index contributed by atoms with van der Waals surface area (Å²) in [5.41, 5.74) is 2.06. The highest BCUT2D eigenvalue weighted by Crippen LogP contribution is 2.26. The van der Waals surface area contributed by atoms with Crippen LogP contribution in [0.1, 0.15) is 64.3 Å². The first-order valence-electron chi connectivity index (χ1n) is 10.7. The zero-order chi connectivity index (χ0) is 24.1. The van der Waals surface area contributed by atoms with Crippen molar-refractivity contribution in [1.29, 1.82) is 5.26 Å². The third-order valence-corrected chi connectivity index (χ3v) is 5.06. The number of nitriles is 1. The van der Waals surface area contributed by atoms with E-state index in [2.05, 4.69) is 20.6 Å². The molecule has 0 bridgehead atoms. The van der Waals surface area contributed by atoms with Crippen LogP contribution in [0.4, 0.5) is 21.7 Å². The van der Waals surface area contributed by atoms with Gasteiger partial charge in [0.1, 0.15) is 11.7 Å². The lowest BCUT2D eigenvalue weighted by Gasteiger charge is -2.26. The number of carbonyl (C=O) groups is 1. The number of hydrogen-bond acceptors (Lipinski definition) is 7. The van der Waals surface area contributed by atoms with E-state index in [1.165, 1.54) is 0 Å². The lowest BCUT2D eigenvalue weighted by Crippen LogP contribution is -2.32. The van der Waals surface area contributed by atoms with Gasteiger partial charge in [0, 0.05) is 11.7 Å². The van der Waals surface area contributed by atoms with E-state index in [1.807, 2.05) is 60.6 Å². The fraction of sp³-hybridized carbons (Fsp3) is 0.500. The molecule has 0 saturated carbocycles. The molecule has 172 valence electrons. The highest BCUT2D eigenvalue weighted by molar-refractivity contribution is 5.70. The molecule has 32 heavy (non-hydrogen) atoms. The molecule has 8 heteroatoms. The molecule has 2 N–H and O–H groups in total. The number of rotatable bonds is 8. The summed E-state index contributed by atoms with van der Waals surface area (Å²) in [4.78, 5) is 20.8. The first kappa shape index (κ1) is 25.1. The Morgan fingerprint density at radius 3 is 2.53 bits per heavy atom. The molecule has 0 saturated heterocycles. The van der Waals surface area contributed by atoms with Gasteiger partial charge in [-0.3, -0.25) is 9.78 Å². The lowest BCUT2D eigenvalue weighted by atomic mass is 9.96. The van der Waals surface area contributed by atoms with E-state index in [-0.39, 0.29) is 41.5 Å². The van der Waals surface area contributed by atoms with Gasteiger partial charge in [0.2, 0.25) is 0 Å². The Balaban J connectivity index is 2.24. The lowest BCUT2D eigenvalue weighted by molar-refractivity contribution is -0.155. The average molecular weight is 442 g/mol. The summed E-state index contributed by atoms with van der Waals surface area (Å²) in [6, 6.07) is 4.80. The summed E-state index contributed by atoms with van der Waals surface area (Å²) in [5, 5.41) is 15.6. The van der Waals surface area contributed by atoms with Crippen molar-refractivity contribution < 1.29 is 13.9 Å². The number of pyridine rings is 2. The Hall–Kier alpha value is -3.21. The molecule has 7 nitrogen and oxygen atoms in total. The standard InChI is InChI=1S/C24H32FN5O2/c1-8-20(15(3)10-21(31)32-24(5,6)7)29-23-19(25)11-17(12-26)22(30-23)28-18-9-14(2)16(4)27-13-18/h9,11,13,15,20H,8,10H2,1-7H3,(H2,28,29,30)/t15-,20-/m1/s1. The smallest absolute Gasteiger partial charge is 0.306 e. The molecule has 0 unspecified atom stereocenters. The summed E-state index contributed by atoms with van der Waals surface area (Å²) in [6.45, 7) is 13.2. The maximum atomic E-state index is 14.7. The minimum absolute atomic E-state index is 0.0196. The highest BCUT2D eigenvalue weighted by Gasteiger charge is 2.24. The van der Waals surface area contributed by atoms with Crippen LogP contribution in [0.2, 0.25) is 0 Å². The minimum atomic E-state index is -0.631. The predicted molar refractivity (Wildman–Crippen MR) is 123 cm³/mol. The van der Waals surface area contributed by atoms with Crippen LogP contribution in [-0.2, 0) is 9.53 Å². The number of aryl methyl sites for hydroxylation is 2. The zero-order valence-electron chi connectivity index (χ0n) is 19.8. The average Bonchev–Trinajstić information content (AvgIpc) is 2.69. The third-order valence-electron chi connectivity index (χ3n) is 5.06. The summed E-state index contributed by atoms with van der Waals surface area (Å²) in [6.07, 6.45) is 2.48. The Kier molecular flexibility index (Phi) is 8.14. The van der Waals surface area contributed by atoms with Crippen molar-refractivity contribution in [1.82, 2.24) is 9.97 Å². The van der Waals surface area contributed by atoms with Gasteiger partial charge in [-0.1, -0.05) is 13.8 Å². The predicted octanol–water partition coefficient (Wildman–Crippen LogP) is 5.41. The van der Waals surface area contributed by atoms with E-state index in [0.717, 1.165) is 17.3 Å². The molecular formula is C24H32FN5O2. The second-order valence-electron chi connectivity index (χ2n) is 9.01. The maximum Gasteiger partial charge on any atom is 0.306 e. The van der Waals surface area contributed by atoms with E-state index in [9.17, 15) is 14.4 Å². The van der Waals surface area contributed by atoms with E-state index in [4.69, 9.17) is 4.74 Å². The second-order valence-corrected chi connectivity index (χ2v) is 9.01. The van der Waals surface area contributed by atoms with Gasteiger partial charge in [-0.15, -0.1) is 0 Å². The fourth-order valence-corrected chi connectivity index (χ4v) is 3.23. The van der Waals surface area contributed by atoms with Gasteiger partial charge in [-0.05, 0) is 64.7 Å². The van der Waals surface area contributed by atoms with Crippen molar-refractivity contribution in [3.05, 3.63) is 41.0 Å². The van der Waals surface area contributed by atoms with Crippen molar-refractivity contribution in [2.75, 3.05) is 10.6 Å². The number of hydrogen-bond donors (Lipinski definition) is 2. The van der Waals surface area contributed by atoms with E-state index in [0.29, 0.717) is 12.1 Å². The van der Waals surface area contributed by atoms with Crippen LogP contribution >= 0.6 is 0 Å². The maximum absolute atomic E-state index is 14.7. The number of carbonyl (C=O) groups excluding carboxylic acids is 1. The largest absolute Gasteiger partial charge is 0.460 e. The number of halogens is 1. The molecule has 0 radical (unpaired) electrons. The van der Waals surface area contributed by atoms with Gasteiger partial charge in [-0.2, -0.15) is 5.26 Å². The van der Waals surface area contributed by atoms with Crippen molar-refractivity contribution in [3.63, 3.8) is 0 Å². The minimum Gasteiger partial charge on any atom is -0.460 e. The monoisotopic (exact) mass is 441 g/mol. The van der Waals surface area contributed by atoms with Gasteiger partial charge >= 0.3 is 5.97 Å². The molecule has 0 fully saturated rings. The zero-order valence-corrected chi connectivity index (χ0v) is 19.8. The fourth-order valence-electron chi connectivity index (χ4n) is 3.23. The molecule has 0 spiro atoms. The normalized spacial score (nSPS) is 13.1. The number of nitrogens with zero attached hydrogens (tertiary/aromatic N) is 3. The molecule has 2 rings (SSSR count). The van der Waals surface area contributed by atoms with E-state index >= 15 is 0 Å². The Morgan fingerprint density at radius 1 is 1.28 bits per heavy atom. The molecule has 2 atom stereocenters. The van der Waals surface area contributed by atoms with Crippen LogP contribution in [0.15, 0.2) is 18.3 Å². The van der Waals surface area contributed by atoms with E-state index < -0.39 is 11.4 Å². The summed E-state index contributed by atoms with van der Waals surface area (Å²) >= 11 is 0. The molecular weight excluding hydrogens is 409 g/mol. The summed E-state index contributed by atoms with van der Waals surface area (Å²) < 4.78 is 20.1. The van der Waals surface area contributed by atoms with Crippen LogP contribution in [0.5, 0.6) is 0 Å². The Labute approximate surface area is 189 Å². The van der Waals surface area contributed by atoms with Crippen LogP contribution in [0, 0.1) is 36.9 Å². The van der Waals surface area contributed by atoms with Crippen molar-refractivity contribution in [2.45, 2.75) is 73.0 Å². The first-order chi connectivity index (χ1) is 14.9. The molecule has 0 aliphatic carbocycles. The van der Waals surface area contributed by atoms with Gasteiger partial charge in [0.25, 0.3) is 0 Å². The number of aromatic nitrogens is 2. The molecule has 2 aromatic heterocycles. The number of nitrogens with one attached hydrogen (secondary N) is 2. The highest BCUT2D eigenvalue weighted by atomic mass is 19.1. The van der Waals surface area contributed by atoms with Crippen LogP contribution in [0.25, 0.3) is 0 Å². The molecule has 0 aliphatic heterocycles. The van der Waals surface area contributed by atoms with Gasteiger partial charge in [0.15, 0.2) is 17.5 Å². The Bertz CT molecular complexity index is 1010. The van der Waals surface area contributed by atoms with Crippen LogP contribution in [-0.4, -0.2) is 27.6 Å². The second kappa shape index (κ2) is 10.4. The van der Waals surface area contributed by atoms with Gasteiger partial charge in [-0.25, -0.2) is 9.37 Å². The summed E-state index contributed by atoms with van der Waals surface area (Å²) in [5.74, 6) is -0.800. The topological polar surface area (TPSA) is 99.9 Å². The van der Waals surface area contributed by atoms with Gasteiger partial charge in [0.05, 0.1) is 23.9 Å². The molecule has 0 aliphatic rings. The molecule has 0 amide bonds. The van der Waals surface area contributed by atoms with Gasteiger partial charge < -0.3 is 15.4 Å². The van der Waals surface area contributed by atoms with Crippen LogP contribution in [0.3, 0.4) is 0 Å². The van der Waals surface area contributed by atoms with Crippen LogP contribution < -0.4 is 10.6 Å². The molecule has 2 heterocycles. The third kappa shape index (κ3) is 6.91. The first-order valence-corrected chi connectivity index (χ1v) is 10.7. The number of anilines is 3. The number of ether oxygens (including phenoxy) is 1. The van der Waals surface area contributed by atoms with Crippen molar-refractivity contribution in [3.8, 4) is 6.07 Å². The van der Waals surface area contributed by atoms with Crippen molar-refractivity contribution >= 4 is 23.3 Å². The van der Waals surface area contributed by atoms with E-state index in [1.54, 1.807) is 6.20 Å². The summed E-state index contributed by atoms with van der Waals surface area (Å²) in [7, 11) is 0. The molecule has 2 aromatic rings. The number of esters is 1. The molecule has 0 aromatic carbocycles. The van der Waals surface area contributed by atoms with Crippen molar-refractivity contribution in [2.24, 2.45) is 5.92 Å². The quantitative estimate of drug-likeness (QED) is 0.529.